The van der Waals surface area contributed by atoms with Crippen LogP contribution in [-0.2, 0) is 0 Å². The van der Waals surface area contributed by atoms with Gasteiger partial charge in [-0.2, -0.15) is 0 Å². The van der Waals surface area contributed by atoms with Crippen LogP contribution < -0.4 is 0 Å². The van der Waals surface area contributed by atoms with E-state index in [1.807, 2.05) is 0 Å². The van der Waals surface area contributed by atoms with E-state index in [0.717, 1.165) is 10.9 Å². The van der Waals surface area contributed by atoms with Gasteiger partial charge >= 0.3 is 0 Å². The van der Waals surface area contributed by atoms with E-state index in [2.05, 4.69) is 42.8 Å². The fraction of sp³-hybridized carbons (Fsp3) is 0.600. The third-order valence-electron chi connectivity index (χ3n) is 2.23. The molecule has 0 saturated carbocycles. The van der Waals surface area contributed by atoms with Crippen molar-refractivity contribution >= 4 is 38.9 Å². The van der Waals surface area contributed by atoms with Crippen molar-refractivity contribution in [3.05, 3.63) is 20.3 Å². The summed E-state index contributed by atoms with van der Waals surface area (Å²) in [5, 5.41) is 0.151. The first kappa shape index (κ1) is 11.5. The highest BCUT2D eigenvalue weighted by atomic mass is 79.9. The summed E-state index contributed by atoms with van der Waals surface area (Å²) in [5.41, 5.74) is 0. The summed E-state index contributed by atoms with van der Waals surface area (Å²) in [6.07, 6.45) is 1.12. The summed E-state index contributed by atoms with van der Waals surface area (Å²) in [5.74, 6) is 0.538. The Morgan fingerprint density at radius 2 is 2.23 bits per heavy atom. The van der Waals surface area contributed by atoms with E-state index in [1.165, 1.54) is 9.75 Å². The number of halogens is 2. The van der Waals surface area contributed by atoms with Crippen LogP contribution in [0.1, 0.15) is 35.4 Å². The summed E-state index contributed by atoms with van der Waals surface area (Å²) >= 11 is 11.7. The van der Waals surface area contributed by atoms with Gasteiger partial charge in [-0.1, -0.05) is 20.3 Å². The molecule has 0 radical (unpaired) electrons. The maximum absolute atomic E-state index is 6.36. The molecule has 1 heterocycles. The Balaban J connectivity index is 2.87. The molecule has 0 bridgehead atoms. The van der Waals surface area contributed by atoms with Gasteiger partial charge in [0.15, 0.2) is 0 Å². The van der Waals surface area contributed by atoms with Crippen molar-refractivity contribution in [3.63, 3.8) is 0 Å². The second kappa shape index (κ2) is 4.81. The van der Waals surface area contributed by atoms with Crippen LogP contribution in [-0.4, -0.2) is 0 Å². The van der Waals surface area contributed by atoms with Crippen molar-refractivity contribution < 1.29 is 0 Å². The second-order valence-electron chi connectivity index (χ2n) is 3.36. The molecule has 0 spiro atoms. The predicted octanol–water partition coefficient (Wildman–Crippen LogP) is 5.15. The van der Waals surface area contributed by atoms with Crippen molar-refractivity contribution in [3.8, 4) is 0 Å². The molecule has 74 valence electrons. The first-order valence-electron chi connectivity index (χ1n) is 4.46. The van der Waals surface area contributed by atoms with Crippen molar-refractivity contribution in [1.82, 2.24) is 0 Å². The van der Waals surface area contributed by atoms with E-state index in [-0.39, 0.29) is 5.38 Å². The van der Waals surface area contributed by atoms with E-state index in [4.69, 9.17) is 11.6 Å². The van der Waals surface area contributed by atoms with Gasteiger partial charge in [0.1, 0.15) is 0 Å². The predicted molar refractivity (Wildman–Crippen MR) is 64.8 cm³/mol. The van der Waals surface area contributed by atoms with E-state index in [0.29, 0.717) is 5.92 Å². The van der Waals surface area contributed by atoms with Crippen LogP contribution in [0.4, 0.5) is 0 Å². The largest absolute Gasteiger partial charge is 0.143 e. The van der Waals surface area contributed by atoms with Crippen molar-refractivity contribution in [2.24, 2.45) is 5.92 Å². The maximum Gasteiger partial charge on any atom is 0.0715 e. The molecule has 1 aromatic heterocycles. The zero-order valence-electron chi connectivity index (χ0n) is 8.10. The topological polar surface area (TPSA) is 0 Å². The molecule has 0 fully saturated rings. The van der Waals surface area contributed by atoms with Crippen molar-refractivity contribution in [2.45, 2.75) is 32.6 Å². The Morgan fingerprint density at radius 3 is 2.62 bits per heavy atom. The lowest BCUT2D eigenvalue weighted by atomic mass is 10.0. The quantitative estimate of drug-likeness (QED) is 0.673. The van der Waals surface area contributed by atoms with E-state index in [1.54, 1.807) is 11.3 Å². The SMILES string of the molecule is CCC(C)C(Cl)c1sc(C)cc1Br. The molecule has 0 N–H and O–H groups in total. The highest BCUT2D eigenvalue weighted by Gasteiger charge is 2.19. The Kier molecular flexibility index (Phi) is 4.27. The molecule has 1 aromatic rings. The number of aryl methyl sites for hydroxylation is 1. The van der Waals surface area contributed by atoms with Gasteiger partial charge in [-0.25, -0.2) is 0 Å². The zero-order chi connectivity index (χ0) is 10.0. The fourth-order valence-electron chi connectivity index (χ4n) is 1.15. The third kappa shape index (κ3) is 2.71. The van der Waals surface area contributed by atoms with Gasteiger partial charge in [0.25, 0.3) is 0 Å². The molecule has 2 unspecified atom stereocenters. The smallest absolute Gasteiger partial charge is 0.0715 e. The number of thiophene rings is 1. The zero-order valence-corrected chi connectivity index (χ0v) is 11.3. The molecule has 0 aliphatic heterocycles. The molecule has 0 saturated heterocycles. The van der Waals surface area contributed by atoms with Crippen LogP contribution >= 0.6 is 38.9 Å². The Bertz CT molecular complexity index is 282. The van der Waals surface area contributed by atoms with Gasteiger partial charge in [0.05, 0.1) is 5.38 Å². The fourth-order valence-corrected chi connectivity index (χ4v) is 3.73. The Morgan fingerprint density at radius 1 is 1.62 bits per heavy atom. The molecule has 2 atom stereocenters. The molecule has 0 aliphatic rings. The normalized spacial score (nSPS) is 15.8. The maximum atomic E-state index is 6.36. The number of alkyl halides is 1. The molecule has 0 nitrogen and oxygen atoms in total. The molecule has 0 aromatic carbocycles. The van der Waals surface area contributed by atoms with Crippen LogP contribution in [0.3, 0.4) is 0 Å². The molecular formula is C10H14BrClS. The monoisotopic (exact) mass is 280 g/mol. The first-order valence-corrected chi connectivity index (χ1v) is 6.50. The average molecular weight is 282 g/mol. The molecular weight excluding hydrogens is 268 g/mol. The minimum absolute atomic E-state index is 0.151. The molecule has 3 heteroatoms. The average Bonchev–Trinajstić information content (AvgIpc) is 2.42. The highest BCUT2D eigenvalue weighted by Crippen LogP contribution is 2.40. The minimum Gasteiger partial charge on any atom is -0.143 e. The van der Waals surface area contributed by atoms with Crippen molar-refractivity contribution in [2.75, 3.05) is 0 Å². The summed E-state index contributed by atoms with van der Waals surface area (Å²) < 4.78 is 1.16. The summed E-state index contributed by atoms with van der Waals surface area (Å²) in [6, 6.07) is 2.14. The van der Waals surface area contributed by atoms with Crippen molar-refractivity contribution in [1.29, 1.82) is 0 Å². The number of rotatable bonds is 3. The van der Waals surface area contributed by atoms with Crippen LogP contribution in [0.15, 0.2) is 10.5 Å². The first-order chi connectivity index (χ1) is 6.06. The van der Waals surface area contributed by atoms with Crippen LogP contribution in [0.5, 0.6) is 0 Å². The van der Waals surface area contributed by atoms with E-state index >= 15 is 0 Å². The molecule has 13 heavy (non-hydrogen) atoms. The molecule has 0 aliphatic carbocycles. The van der Waals surface area contributed by atoms with Crippen LogP contribution in [0, 0.1) is 12.8 Å². The van der Waals surface area contributed by atoms with Crippen LogP contribution in [0.25, 0.3) is 0 Å². The lowest BCUT2D eigenvalue weighted by Crippen LogP contribution is -2.00. The standard InChI is InChI=1S/C10H14BrClS/c1-4-6(2)9(12)10-8(11)5-7(3)13-10/h5-6,9H,4H2,1-3H3. The van der Waals surface area contributed by atoms with Gasteiger partial charge in [-0.05, 0) is 34.8 Å². The van der Waals surface area contributed by atoms with Gasteiger partial charge in [0, 0.05) is 14.2 Å². The lowest BCUT2D eigenvalue weighted by Gasteiger charge is -2.14. The summed E-state index contributed by atoms with van der Waals surface area (Å²) in [7, 11) is 0. The molecule has 0 amide bonds. The van der Waals surface area contributed by atoms with Gasteiger partial charge in [-0.15, -0.1) is 22.9 Å². The van der Waals surface area contributed by atoms with Gasteiger partial charge < -0.3 is 0 Å². The van der Waals surface area contributed by atoms with Gasteiger partial charge in [-0.3, -0.25) is 0 Å². The van der Waals surface area contributed by atoms with E-state index < -0.39 is 0 Å². The summed E-state index contributed by atoms with van der Waals surface area (Å²) in [6.45, 7) is 6.48. The third-order valence-corrected chi connectivity index (χ3v) is 5.06. The molecule has 1 rings (SSSR count). The Hall–Kier alpha value is 0.470. The second-order valence-corrected chi connectivity index (χ2v) is 5.97. The summed E-state index contributed by atoms with van der Waals surface area (Å²) in [4.78, 5) is 2.59. The Labute approximate surface area is 97.4 Å². The van der Waals surface area contributed by atoms with Crippen LogP contribution in [0.2, 0.25) is 0 Å². The number of hydrogen-bond donors (Lipinski definition) is 0. The highest BCUT2D eigenvalue weighted by molar-refractivity contribution is 9.10. The minimum atomic E-state index is 0.151. The van der Waals surface area contributed by atoms with E-state index in [9.17, 15) is 0 Å². The number of hydrogen-bond acceptors (Lipinski definition) is 1. The van der Waals surface area contributed by atoms with Gasteiger partial charge in [0.2, 0.25) is 0 Å². The lowest BCUT2D eigenvalue weighted by molar-refractivity contribution is 0.546.